The Morgan fingerprint density at radius 1 is 1.25 bits per heavy atom. The Hall–Kier alpha value is -0.250. The average Bonchev–Trinajstić information content (AvgIpc) is 2.60. The summed E-state index contributed by atoms with van der Waals surface area (Å²) in [5.41, 5.74) is -1.84. The van der Waals surface area contributed by atoms with Gasteiger partial charge < -0.3 is 4.74 Å². The molecule has 0 amide bonds. The van der Waals surface area contributed by atoms with Gasteiger partial charge in [-0.25, -0.2) is 0 Å². The maximum absolute atomic E-state index is 13.0. The van der Waals surface area contributed by atoms with Gasteiger partial charge in [0.1, 0.15) is 0 Å². The minimum atomic E-state index is -4.22. The highest BCUT2D eigenvalue weighted by Crippen LogP contribution is 2.47. The van der Waals surface area contributed by atoms with Gasteiger partial charge in [0, 0.05) is 0 Å². The molecule has 16 heavy (non-hydrogen) atoms. The van der Waals surface area contributed by atoms with E-state index in [9.17, 15) is 13.2 Å². The monoisotopic (exact) mass is 238 g/mol. The molecule has 1 rings (SSSR count). The van der Waals surface area contributed by atoms with E-state index in [2.05, 4.69) is 0 Å². The third-order valence-corrected chi connectivity index (χ3v) is 3.32. The second kappa shape index (κ2) is 5.39. The fourth-order valence-corrected chi connectivity index (χ4v) is 2.35. The highest BCUT2D eigenvalue weighted by atomic mass is 19.4. The number of halogens is 3. The Labute approximate surface area is 95.4 Å². The molecule has 0 N–H and O–H groups in total. The summed E-state index contributed by atoms with van der Waals surface area (Å²) < 4.78 is 44.4. The van der Waals surface area contributed by atoms with Crippen molar-refractivity contribution in [2.24, 2.45) is 0 Å². The van der Waals surface area contributed by atoms with Crippen molar-refractivity contribution in [2.75, 3.05) is 0 Å². The van der Waals surface area contributed by atoms with Crippen molar-refractivity contribution < 1.29 is 17.9 Å². The minimum Gasteiger partial charge on any atom is -0.362 e. The largest absolute Gasteiger partial charge is 0.417 e. The topological polar surface area (TPSA) is 9.23 Å². The molecule has 1 heterocycles. The van der Waals surface area contributed by atoms with Crippen LogP contribution >= 0.6 is 0 Å². The molecule has 0 aromatic carbocycles. The maximum atomic E-state index is 13.0. The van der Waals surface area contributed by atoms with E-state index in [0.29, 0.717) is 12.8 Å². The zero-order valence-corrected chi connectivity index (χ0v) is 10.1. The van der Waals surface area contributed by atoms with E-state index >= 15 is 0 Å². The fourth-order valence-electron chi connectivity index (χ4n) is 2.35. The van der Waals surface area contributed by atoms with Crippen LogP contribution < -0.4 is 0 Å². The van der Waals surface area contributed by atoms with Crippen LogP contribution in [0.2, 0.25) is 0 Å². The van der Waals surface area contributed by atoms with Gasteiger partial charge in [-0.2, -0.15) is 13.2 Å². The molecule has 0 saturated carbocycles. The highest BCUT2D eigenvalue weighted by Gasteiger charge is 2.58. The van der Waals surface area contributed by atoms with Gasteiger partial charge in [0.25, 0.3) is 0 Å². The number of hydrogen-bond donors (Lipinski definition) is 0. The first kappa shape index (κ1) is 13.8. The molecule has 1 nitrogen and oxygen atoms in total. The molecule has 2 unspecified atom stereocenters. The van der Waals surface area contributed by atoms with E-state index in [1.54, 1.807) is 0 Å². The van der Waals surface area contributed by atoms with Crippen molar-refractivity contribution in [1.82, 2.24) is 0 Å². The van der Waals surface area contributed by atoms with E-state index < -0.39 is 11.8 Å². The molecule has 2 atom stereocenters. The second-order valence-corrected chi connectivity index (χ2v) is 4.66. The number of alkyl halides is 3. The normalized spacial score (nSPS) is 30.9. The molecule has 1 aliphatic rings. The Kier molecular flexibility index (Phi) is 4.65. The Morgan fingerprint density at radius 2 is 1.94 bits per heavy atom. The number of ether oxygens (including phenoxy) is 1. The summed E-state index contributed by atoms with van der Waals surface area (Å²) in [7, 11) is 0. The number of rotatable bonds is 5. The maximum Gasteiger partial charge on any atom is 0.417 e. The van der Waals surface area contributed by atoms with Gasteiger partial charge in [-0.1, -0.05) is 33.1 Å². The van der Waals surface area contributed by atoms with Crippen LogP contribution in [0, 0.1) is 0 Å². The molecule has 1 fully saturated rings. The Bertz CT molecular complexity index is 215. The SMILES string of the molecule is CCCCC1(C(F)(F)F)CCC(CCC)O1. The first-order chi connectivity index (χ1) is 7.45. The van der Waals surface area contributed by atoms with Crippen molar-refractivity contribution in [3.05, 3.63) is 0 Å². The van der Waals surface area contributed by atoms with Gasteiger partial charge in [-0.05, 0) is 25.7 Å². The third kappa shape index (κ3) is 2.90. The van der Waals surface area contributed by atoms with E-state index in [1.165, 1.54) is 0 Å². The Morgan fingerprint density at radius 3 is 2.44 bits per heavy atom. The lowest BCUT2D eigenvalue weighted by atomic mass is 9.92. The van der Waals surface area contributed by atoms with Gasteiger partial charge in [-0.3, -0.25) is 0 Å². The standard InChI is InChI=1S/C12H21F3O/c1-3-5-8-11(12(13,14)15)9-7-10(16-11)6-4-2/h10H,3-9H2,1-2H3. The van der Waals surface area contributed by atoms with Gasteiger partial charge in [0.2, 0.25) is 0 Å². The van der Waals surface area contributed by atoms with E-state index in [0.717, 1.165) is 19.3 Å². The van der Waals surface area contributed by atoms with Crippen molar-refractivity contribution in [3.63, 3.8) is 0 Å². The van der Waals surface area contributed by atoms with Gasteiger partial charge in [0.05, 0.1) is 6.10 Å². The van der Waals surface area contributed by atoms with Crippen molar-refractivity contribution in [3.8, 4) is 0 Å². The Balaban J connectivity index is 2.67. The summed E-state index contributed by atoms with van der Waals surface area (Å²) in [5, 5.41) is 0. The van der Waals surface area contributed by atoms with Crippen LogP contribution in [0.15, 0.2) is 0 Å². The summed E-state index contributed by atoms with van der Waals surface area (Å²) >= 11 is 0. The second-order valence-electron chi connectivity index (χ2n) is 4.66. The molecule has 0 spiro atoms. The lowest BCUT2D eigenvalue weighted by molar-refractivity contribution is -0.274. The molecule has 1 saturated heterocycles. The summed E-state index contributed by atoms with van der Waals surface area (Å²) in [5.74, 6) is 0. The number of unbranched alkanes of at least 4 members (excludes halogenated alkanes) is 1. The predicted molar refractivity (Wildman–Crippen MR) is 57.3 cm³/mol. The van der Waals surface area contributed by atoms with Crippen LogP contribution in [-0.2, 0) is 4.74 Å². The molecule has 96 valence electrons. The van der Waals surface area contributed by atoms with Crippen LogP contribution in [0.3, 0.4) is 0 Å². The van der Waals surface area contributed by atoms with Crippen molar-refractivity contribution in [1.29, 1.82) is 0 Å². The number of hydrogen-bond acceptors (Lipinski definition) is 1. The molecule has 0 aromatic rings. The van der Waals surface area contributed by atoms with Crippen LogP contribution in [0.4, 0.5) is 13.2 Å². The molecular weight excluding hydrogens is 217 g/mol. The smallest absolute Gasteiger partial charge is 0.362 e. The quantitative estimate of drug-likeness (QED) is 0.687. The third-order valence-electron chi connectivity index (χ3n) is 3.32. The lowest BCUT2D eigenvalue weighted by Gasteiger charge is -2.32. The summed E-state index contributed by atoms with van der Waals surface area (Å²) in [6.45, 7) is 3.88. The molecule has 0 aliphatic carbocycles. The molecule has 0 radical (unpaired) electrons. The molecule has 1 aliphatic heterocycles. The molecule has 0 aromatic heterocycles. The molecule has 4 heteroatoms. The molecular formula is C12H21F3O. The lowest BCUT2D eigenvalue weighted by Crippen LogP contribution is -2.45. The van der Waals surface area contributed by atoms with Gasteiger partial charge in [-0.15, -0.1) is 0 Å². The molecule has 0 bridgehead atoms. The van der Waals surface area contributed by atoms with Gasteiger partial charge in [0.15, 0.2) is 5.60 Å². The van der Waals surface area contributed by atoms with Crippen molar-refractivity contribution in [2.45, 2.75) is 76.7 Å². The summed E-state index contributed by atoms with van der Waals surface area (Å²) in [6.07, 6.45) is -0.617. The zero-order chi connectivity index (χ0) is 12.2. The van der Waals surface area contributed by atoms with Crippen LogP contribution in [0.25, 0.3) is 0 Å². The zero-order valence-electron chi connectivity index (χ0n) is 10.1. The average molecular weight is 238 g/mol. The van der Waals surface area contributed by atoms with E-state index in [4.69, 9.17) is 4.74 Å². The van der Waals surface area contributed by atoms with Crippen LogP contribution in [-0.4, -0.2) is 17.9 Å². The fraction of sp³-hybridized carbons (Fsp3) is 1.00. The van der Waals surface area contributed by atoms with Crippen LogP contribution in [0.1, 0.15) is 58.8 Å². The summed E-state index contributed by atoms with van der Waals surface area (Å²) in [6, 6.07) is 0. The first-order valence-electron chi connectivity index (χ1n) is 6.19. The van der Waals surface area contributed by atoms with E-state index in [-0.39, 0.29) is 18.9 Å². The van der Waals surface area contributed by atoms with Crippen LogP contribution in [0.5, 0.6) is 0 Å². The minimum absolute atomic E-state index is 0.118. The highest BCUT2D eigenvalue weighted by molar-refractivity contribution is 4.94. The first-order valence-corrected chi connectivity index (χ1v) is 6.19. The summed E-state index contributed by atoms with van der Waals surface area (Å²) in [4.78, 5) is 0. The van der Waals surface area contributed by atoms with Gasteiger partial charge >= 0.3 is 6.18 Å². The van der Waals surface area contributed by atoms with Crippen molar-refractivity contribution >= 4 is 0 Å². The van der Waals surface area contributed by atoms with E-state index in [1.807, 2.05) is 13.8 Å². The predicted octanol–water partition coefficient (Wildman–Crippen LogP) is 4.46.